The molecule has 0 spiro atoms. The third kappa shape index (κ3) is 4.47. The minimum absolute atomic E-state index is 0.0301. The van der Waals surface area contributed by atoms with Crippen LogP contribution < -0.4 is 5.32 Å². The monoisotopic (exact) mass is 353 g/mol. The van der Waals surface area contributed by atoms with Crippen LogP contribution in [-0.2, 0) is 21.9 Å². The first-order valence-corrected chi connectivity index (χ1v) is 10.4. The molecule has 2 amide bonds. The van der Waals surface area contributed by atoms with Crippen molar-refractivity contribution in [3.05, 3.63) is 16.1 Å². The third-order valence-corrected chi connectivity index (χ3v) is 6.06. The first-order chi connectivity index (χ1) is 11.2. The molecule has 0 radical (unpaired) electrons. The van der Waals surface area contributed by atoms with Crippen LogP contribution in [0.15, 0.2) is 5.38 Å². The van der Waals surface area contributed by atoms with E-state index in [9.17, 15) is 9.59 Å². The average molecular weight is 354 g/mol. The Labute approximate surface area is 145 Å². The van der Waals surface area contributed by atoms with Crippen molar-refractivity contribution in [2.75, 3.05) is 19.3 Å². The van der Waals surface area contributed by atoms with E-state index in [-0.39, 0.29) is 17.7 Å². The van der Waals surface area contributed by atoms with Gasteiger partial charge < -0.3 is 10.2 Å². The van der Waals surface area contributed by atoms with Crippen molar-refractivity contribution in [2.45, 2.75) is 38.0 Å². The molecule has 3 rings (SSSR count). The van der Waals surface area contributed by atoms with Gasteiger partial charge in [0.15, 0.2) is 0 Å². The minimum Gasteiger partial charge on any atom is -0.350 e. The van der Waals surface area contributed by atoms with E-state index in [1.54, 1.807) is 23.1 Å². The van der Waals surface area contributed by atoms with Crippen molar-refractivity contribution in [3.8, 4) is 0 Å². The highest BCUT2D eigenvalue weighted by Crippen LogP contribution is 2.32. The number of rotatable bonds is 6. The van der Waals surface area contributed by atoms with Crippen molar-refractivity contribution in [1.29, 1.82) is 0 Å². The molecule has 1 aliphatic carbocycles. The second kappa shape index (κ2) is 7.66. The molecule has 1 aromatic heterocycles. The Morgan fingerprint density at radius 2 is 2.04 bits per heavy atom. The number of thiazole rings is 1. The standard InChI is InChI=1S/C16H23N3O2S2/c1-22-10-14-18-13(9-23-14)8-17-15(20)11-4-6-19(7-5-11)16(21)12-2-3-12/h9,11-12H,2-8,10H2,1H3,(H,17,20). The first kappa shape index (κ1) is 16.8. The maximum absolute atomic E-state index is 12.3. The summed E-state index contributed by atoms with van der Waals surface area (Å²) in [5.74, 6) is 1.63. The second-order valence-corrected chi connectivity index (χ2v) is 8.07. The second-order valence-electron chi connectivity index (χ2n) is 6.26. The van der Waals surface area contributed by atoms with Crippen LogP contribution in [0.25, 0.3) is 0 Å². The predicted molar refractivity (Wildman–Crippen MR) is 93.2 cm³/mol. The number of amides is 2. The summed E-state index contributed by atoms with van der Waals surface area (Å²) < 4.78 is 0. The van der Waals surface area contributed by atoms with E-state index in [2.05, 4.69) is 16.6 Å². The molecule has 1 saturated carbocycles. The summed E-state index contributed by atoms with van der Waals surface area (Å²) in [5.41, 5.74) is 0.939. The fraction of sp³-hybridized carbons (Fsp3) is 0.688. The summed E-state index contributed by atoms with van der Waals surface area (Å²) in [6.07, 6.45) is 5.71. The van der Waals surface area contributed by atoms with Crippen LogP contribution >= 0.6 is 23.1 Å². The number of nitrogens with zero attached hydrogens (tertiary/aromatic N) is 2. The number of aromatic nitrogens is 1. The summed E-state index contributed by atoms with van der Waals surface area (Å²) in [5, 5.41) is 6.12. The molecule has 2 heterocycles. The molecule has 1 N–H and O–H groups in total. The van der Waals surface area contributed by atoms with E-state index in [0.717, 1.165) is 55.2 Å². The van der Waals surface area contributed by atoms with E-state index in [1.807, 2.05) is 10.3 Å². The number of hydrogen-bond acceptors (Lipinski definition) is 5. The quantitative estimate of drug-likeness (QED) is 0.852. The Morgan fingerprint density at radius 1 is 1.30 bits per heavy atom. The molecule has 23 heavy (non-hydrogen) atoms. The van der Waals surface area contributed by atoms with Gasteiger partial charge in [0.2, 0.25) is 11.8 Å². The van der Waals surface area contributed by atoms with E-state index < -0.39 is 0 Å². The van der Waals surface area contributed by atoms with Gasteiger partial charge in [-0.2, -0.15) is 11.8 Å². The number of likely N-dealkylation sites (tertiary alicyclic amines) is 1. The van der Waals surface area contributed by atoms with Gasteiger partial charge in [-0.3, -0.25) is 9.59 Å². The normalized spacial score (nSPS) is 18.9. The summed E-state index contributed by atoms with van der Waals surface area (Å²) in [7, 11) is 0. The van der Waals surface area contributed by atoms with Crippen LogP contribution in [0.5, 0.6) is 0 Å². The molecule has 1 saturated heterocycles. The summed E-state index contributed by atoms with van der Waals surface area (Å²) in [6.45, 7) is 1.95. The van der Waals surface area contributed by atoms with Crippen LogP contribution in [0, 0.1) is 11.8 Å². The number of hydrogen-bond donors (Lipinski definition) is 1. The van der Waals surface area contributed by atoms with E-state index in [0.29, 0.717) is 12.5 Å². The molecule has 0 aromatic carbocycles. The topological polar surface area (TPSA) is 62.3 Å². The molecule has 126 valence electrons. The zero-order valence-corrected chi connectivity index (χ0v) is 15.0. The maximum Gasteiger partial charge on any atom is 0.225 e. The van der Waals surface area contributed by atoms with Gasteiger partial charge in [-0.05, 0) is 31.9 Å². The minimum atomic E-state index is 0.0301. The van der Waals surface area contributed by atoms with Crippen molar-refractivity contribution in [3.63, 3.8) is 0 Å². The lowest BCUT2D eigenvalue weighted by molar-refractivity contribution is -0.136. The van der Waals surface area contributed by atoms with Crippen LogP contribution in [0.3, 0.4) is 0 Å². The number of thioether (sulfide) groups is 1. The Morgan fingerprint density at radius 3 is 2.70 bits per heavy atom. The number of piperidine rings is 1. The molecule has 1 aromatic rings. The molecule has 2 aliphatic rings. The highest BCUT2D eigenvalue weighted by Gasteiger charge is 2.35. The number of carbonyl (C=O) groups excluding carboxylic acids is 2. The number of carbonyl (C=O) groups is 2. The molecule has 5 nitrogen and oxygen atoms in total. The molecule has 1 aliphatic heterocycles. The fourth-order valence-corrected chi connectivity index (χ4v) is 4.41. The molecular weight excluding hydrogens is 330 g/mol. The Hall–Kier alpha value is -1.08. The largest absolute Gasteiger partial charge is 0.350 e. The van der Waals surface area contributed by atoms with Gasteiger partial charge >= 0.3 is 0 Å². The highest BCUT2D eigenvalue weighted by atomic mass is 32.2. The van der Waals surface area contributed by atoms with Gasteiger partial charge in [0.1, 0.15) is 5.01 Å². The molecule has 7 heteroatoms. The molecule has 2 fully saturated rings. The van der Waals surface area contributed by atoms with Crippen molar-refractivity contribution in [2.24, 2.45) is 11.8 Å². The number of nitrogens with one attached hydrogen (secondary N) is 1. The lowest BCUT2D eigenvalue weighted by Crippen LogP contribution is -2.43. The van der Waals surface area contributed by atoms with Crippen LogP contribution in [0.1, 0.15) is 36.4 Å². The van der Waals surface area contributed by atoms with Gasteiger partial charge in [-0.25, -0.2) is 4.98 Å². The zero-order chi connectivity index (χ0) is 16.2. The summed E-state index contributed by atoms with van der Waals surface area (Å²) in [4.78, 5) is 30.8. The highest BCUT2D eigenvalue weighted by molar-refractivity contribution is 7.97. The van der Waals surface area contributed by atoms with Crippen LogP contribution in [0.4, 0.5) is 0 Å². The smallest absolute Gasteiger partial charge is 0.225 e. The Bertz CT molecular complexity index is 563. The van der Waals surface area contributed by atoms with Gasteiger partial charge in [0.05, 0.1) is 12.2 Å². The van der Waals surface area contributed by atoms with Gasteiger partial charge in [0.25, 0.3) is 0 Å². The first-order valence-electron chi connectivity index (χ1n) is 8.16. The Kier molecular flexibility index (Phi) is 5.58. The zero-order valence-electron chi connectivity index (χ0n) is 13.4. The molecular formula is C16H23N3O2S2. The molecule has 0 bridgehead atoms. The molecule has 0 unspecified atom stereocenters. The SMILES string of the molecule is CSCc1nc(CNC(=O)C2CCN(C(=O)C3CC3)CC2)cs1. The Balaban J connectivity index is 1.41. The lowest BCUT2D eigenvalue weighted by atomic mass is 9.95. The fourth-order valence-electron chi connectivity index (χ4n) is 2.89. The van der Waals surface area contributed by atoms with E-state index in [4.69, 9.17) is 0 Å². The van der Waals surface area contributed by atoms with E-state index in [1.165, 1.54) is 0 Å². The van der Waals surface area contributed by atoms with Crippen LogP contribution in [0.2, 0.25) is 0 Å². The lowest BCUT2D eigenvalue weighted by Gasteiger charge is -2.31. The predicted octanol–water partition coefficient (Wildman–Crippen LogP) is 2.27. The van der Waals surface area contributed by atoms with Gasteiger partial charge in [-0.15, -0.1) is 11.3 Å². The maximum atomic E-state index is 12.3. The van der Waals surface area contributed by atoms with E-state index >= 15 is 0 Å². The van der Waals surface area contributed by atoms with Crippen LogP contribution in [-0.4, -0.2) is 41.0 Å². The third-order valence-electron chi connectivity index (χ3n) is 4.41. The summed E-state index contributed by atoms with van der Waals surface area (Å²) in [6, 6.07) is 0. The average Bonchev–Trinajstić information content (AvgIpc) is 3.33. The molecule has 0 atom stereocenters. The van der Waals surface area contributed by atoms with Crippen molar-refractivity contribution < 1.29 is 9.59 Å². The van der Waals surface area contributed by atoms with Gasteiger partial charge in [-0.1, -0.05) is 0 Å². The summed E-state index contributed by atoms with van der Waals surface area (Å²) >= 11 is 3.40. The van der Waals surface area contributed by atoms with Crippen molar-refractivity contribution >= 4 is 34.9 Å². The van der Waals surface area contributed by atoms with Crippen molar-refractivity contribution in [1.82, 2.24) is 15.2 Å². The van der Waals surface area contributed by atoms with Gasteiger partial charge in [0, 0.05) is 36.1 Å².